The standard InChI is InChI=1S/C23H25N5O2S/c1-31(29,30)27-16-21-14-20(11-13-25-21)28-19-8-6-18(7-9-19)24-12-10-17-15-26-23-5-3-2-4-22(17)23/h2-9,11,13-15,24,26-27H,10,12,16H2,1H3,(H,25,28). The zero-order chi connectivity index (χ0) is 21.7. The minimum atomic E-state index is -3.25. The second-order valence-electron chi connectivity index (χ2n) is 7.37. The highest BCUT2D eigenvalue weighted by atomic mass is 32.2. The van der Waals surface area contributed by atoms with E-state index in [1.54, 1.807) is 6.20 Å². The van der Waals surface area contributed by atoms with Gasteiger partial charge < -0.3 is 15.6 Å². The highest BCUT2D eigenvalue weighted by Crippen LogP contribution is 2.21. The van der Waals surface area contributed by atoms with Gasteiger partial charge in [0.05, 0.1) is 18.5 Å². The van der Waals surface area contributed by atoms with E-state index in [-0.39, 0.29) is 6.54 Å². The smallest absolute Gasteiger partial charge is 0.209 e. The third kappa shape index (κ3) is 5.84. The molecule has 0 spiro atoms. The Morgan fingerprint density at radius 1 is 0.968 bits per heavy atom. The molecule has 8 heteroatoms. The minimum Gasteiger partial charge on any atom is -0.385 e. The van der Waals surface area contributed by atoms with Crippen LogP contribution in [0.15, 0.2) is 73.1 Å². The van der Waals surface area contributed by atoms with Gasteiger partial charge in [0.15, 0.2) is 0 Å². The van der Waals surface area contributed by atoms with Gasteiger partial charge in [0, 0.05) is 46.9 Å². The third-order valence-electron chi connectivity index (χ3n) is 4.90. The van der Waals surface area contributed by atoms with Crippen molar-refractivity contribution in [3.05, 3.63) is 84.3 Å². The molecule has 0 unspecified atom stereocenters. The number of nitrogens with zero attached hydrogens (tertiary/aromatic N) is 1. The number of para-hydroxylation sites is 1. The molecule has 0 aliphatic rings. The number of H-pyrrole nitrogens is 1. The van der Waals surface area contributed by atoms with E-state index in [0.717, 1.165) is 36.3 Å². The van der Waals surface area contributed by atoms with Crippen LogP contribution in [0.1, 0.15) is 11.3 Å². The van der Waals surface area contributed by atoms with Crippen LogP contribution in [0.25, 0.3) is 10.9 Å². The molecule has 2 heterocycles. The van der Waals surface area contributed by atoms with Gasteiger partial charge in [-0.25, -0.2) is 13.1 Å². The van der Waals surface area contributed by atoms with Gasteiger partial charge in [0.1, 0.15) is 0 Å². The first-order valence-electron chi connectivity index (χ1n) is 10.0. The fraction of sp³-hybridized carbons (Fsp3) is 0.174. The molecular formula is C23H25N5O2S. The van der Waals surface area contributed by atoms with Gasteiger partial charge in [-0.1, -0.05) is 18.2 Å². The molecule has 160 valence electrons. The molecular weight excluding hydrogens is 410 g/mol. The van der Waals surface area contributed by atoms with Crippen LogP contribution in [0.3, 0.4) is 0 Å². The molecule has 0 aliphatic heterocycles. The number of pyridine rings is 1. The lowest BCUT2D eigenvalue weighted by molar-refractivity contribution is 0.586. The number of aromatic nitrogens is 2. The molecule has 4 rings (SSSR count). The molecule has 0 fully saturated rings. The molecule has 2 aromatic carbocycles. The maximum absolute atomic E-state index is 11.3. The maximum atomic E-state index is 11.3. The van der Waals surface area contributed by atoms with E-state index < -0.39 is 10.0 Å². The first kappa shape index (κ1) is 20.9. The summed E-state index contributed by atoms with van der Waals surface area (Å²) in [4.78, 5) is 7.51. The van der Waals surface area contributed by atoms with E-state index in [2.05, 4.69) is 49.7 Å². The quantitative estimate of drug-likeness (QED) is 0.318. The number of benzene rings is 2. The van der Waals surface area contributed by atoms with Gasteiger partial charge in [0.25, 0.3) is 0 Å². The number of hydrogen-bond acceptors (Lipinski definition) is 5. The van der Waals surface area contributed by atoms with Crippen molar-refractivity contribution in [2.45, 2.75) is 13.0 Å². The van der Waals surface area contributed by atoms with Crippen LogP contribution in [0, 0.1) is 0 Å². The lowest BCUT2D eigenvalue weighted by atomic mass is 10.1. The maximum Gasteiger partial charge on any atom is 0.209 e. The molecule has 4 N–H and O–H groups in total. The average Bonchev–Trinajstić information content (AvgIpc) is 3.17. The Bertz CT molecular complexity index is 1270. The van der Waals surface area contributed by atoms with Gasteiger partial charge in [-0.05, 0) is 54.4 Å². The molecule has 0 radical (unpaired) electrons. The van der Waals surface area contributed by atoms with Crippen LogP contribution in [0.5, 0.6) is 0 Å². The summed E-state index contributed by atoms with van der Waals surface area (Å²) in [6.07, 6.45) is 5.80. The Hall–Kier alpha value is -3.36. The fourth-order valence-electron chi connectivity index (χ4n) is 3.38. The van der Waals surface area contributed by atoms with Crippen molar-refractivity contribution in [2.75, 3.05) is 23.4 Å². The topological polar surface area (TPSA) is 98.9 Å². The molecule has 0 amide bonds. The van der Waals surface area contributed by atoms with E-state index in [9.17, 15) is 8.42 Å². The summed E-state index contributed by atoms with van der Waals surface area (Å²) in [5.74, 6) is 0. The molecule has 31 heavy (non-hydrogen) atoms. The first-order chi connectivity index (χ1) is 15.0. The molecule has 0 bridgehead atoms. The third-order valence-corrected chi connectivity index (χ3v) is 5.57. The summed E-state index contributed by atoms with van der Waals surface area (Å²) in [6, 6.07) is 20.1. The molecule has 2 aromatic heterocycles. The van der Waals surface area contributed by atoms with Crippen LogP contribution < -0.4 is 15.4 Å². The molecule has 0 saturated heterocycles. The van der Waals surface area contributed by atoms with Crippen molar-refractivity contribution in [1.82, 2.24) is 14.7 Å². The van der Waals surface area contributed by atoms with Crippen molar-refractivity contribution >= 4 is 38.0 Å². The van der Waals surface area contributed by atoms with Gasteiger partial charge in [-0.2, -0.15) is 0 Å². The number of fused-ring (bicyclic) bond motifs is 1. The average molecular weight is 436 g/mol. The Balaban J connectivity index is 1.31. The second kappa shape index (κ2) is 9.20. The van der Waals surface area contributed by atoms with E-state index in [1.165, 1.54) is 16.5 Å². The van der Waals surface area contributed by atoms with Crippen molar-refractivity contribution in [3.63, 3.8) is 0 Å². The summed E-state index contributed by atoms with van der Waals surface area (Å²) < 4.78 is 24.9. The van der Waals surface area contributed by atoms with E-state index in [1.807, 2.05) is 42.5 Å². The number of nitrogens with one attached hydrogen (secondary N) is 4. The highest BCUT2D eigenvalue weighted by Gasteiger charge is 2.04. The number of sulfonamides is 1. The minimum absolute atomic E-state index is 0.160. The second-order valence-corrected chi connectivity index (χ2v) is 9.20. The van der Waals surface area contributed by atoms with Crippen LogP contribution in [0.4, 0.5) is 17.1 Å². The molecule has 0 saturated carbocycles. The lowest BCUT2D eigenvalue weighted by Crippen LogP contribution is -2.21. The number of hydrogen-bond donors (Lipinski definition) is 4. The van der Waals surface area contributed by atoms with Crippen LogP contribution in [-0.4, -0.2) is 31.2 Å². The predicted octanol–water partition coefficient (Wildman–Crippen LogP) is 4.01. The summed E-state index contributed by atoms with van der Waals surface area (Å²) >= 11 is 0. The monoisotopic (exact) mass is 435 g/mol. The molecule has 7 nitrogen and oxygen atoms in total. The first-order valence-corrected chi connectivity index (χ1v) is 11.9. The van der Waals surface area contributed by atoms with Crippen molar-refractivity contribution in [3.8, 4) is 0 Å². The number of rotatable bonds is 9. The fourth-order valence-corrected chi connectivity index (χ4v) is 3.79. The summed E-state index contributed by atoms with van der Waals surface area (Å²) in [5, 5.41) is 8.05. The van der Waals surface area contributed by atoms with Crippen LogP contribution in [0.2, 0.25) is 0 Å². The van der Waals surface area contributed by atoms with Crippen molar-refractivity contribution < 1.29 is 8.42 Å². The molecule has 0 atom stereocenters. The molecule has 4 aromatic rings. The predicted molar refractivity (Wildman–Crippen MR) is 126 cm³/mol. The van der Waals surface area contributed by atoms with E-state index in [0.29, 0.717) is 5.69 Å². The lowest BCUT2D eigenvalue weighted by Gasteiger charge is -2.10. The van der Waals surface area contributed by atoms with Gasteiger partial charge in [-0.15, -0.1) is 0 Å². The van der Waals surface area contributed by atoms with Crippen molar-refractivity contribution in [2.24, 2.45) is 0 Å². The Morgan fingerprint density at radius 3 is 2.55 bits per heavy atom. The summed E-state index contributed by atoms with van der Waals surface area (Å²) in [5.41, 5.74) is 5.96. The van der Waals surface area contributed by atoms with Crippen LogP contribution in [-0.2, 0) is 23.0 Å². The zero-order valence-electron chi connectivity index (χ0n) is 17.2. The highest BCUT2D eigenvalue weighted by molar-refractivity contribution is 7.88. The molecule has 0 aliphatic carbocycles. The van der Waals surface area contributed by atoms with Crippen molar-refractivity contribution in [1.29, 1.82) is 0 Å². The van der Waals surface area contributed by atoms with Gasteiger partial charge in [-0.3, -0.25) is 4.98 Å². The SMILES string of the molecule is CS(=O)(=O)NCc1cc(Nc2ccc(NCCc3c[nH]c4ccccc34)cc2)ccn1. The number of anilines is 3. The summed E-state index contributed by atoms with van der Waals surface area (Å²) in [6.45, 7) is 1.00. The number of aromatic amines is 1. The summed E-state index contributed by atoms with van der Waals surface area (Å²) in [7, 11) is -3.25. The normalized spacial score (nSPS) is 11.5. The van der Waals surface area contributed by atoms with E-state index >= 15 is 0 Å². The Labute approximate surface area is 182 Å². The largest absolute Gasteiger partial charge is 0.385 e. The van der Waals surface area contributed by atoms with E-state index in [4.69, 9.17) is 0 Å². The Kier molecular flexibility index (Phi) is 6.20. The van der Waals surface area contributed by atoms with Gasteiger partial charge >= 0.3 is 0 Å². The van der Waals surface area contributed by atoms with Crippen LogP contribution >= 0.6 is 0 Å². The Morgan fingerprint density at radius 2 is 1.74 bits per heavy atom. The zero-order valence-corrected chi connectivity index (χ0v) is 18.0. The van der Waals surface area contributed by atoms with Gasteiger partial charge in [0.2, 0.25) is 10.0 Å².